The predicted molar refractivity (Wildman–Crippen MR) is 117 cm³/mol. The first-order chi connectivity index (χ1) is 14.7. The van der Waals surface area contributed by atoms with Gasteiger partial charge in [-0.25, -0.2) is 4.98 Å². The molecule has 30 heavy (non-hydrogen) atoms. The summed E-state index contributed by atoms with van der Waals surface area (Å²) in [5.41, 5.74) is 2.44. The summed E-state index contributed by atoms with van der Waals surface area (Å²) in [4.78, 5) is 20.6. The minimum atomic E-state index is -0.136. The van der Waals surface area contributed by atoms with E-state index in [1.807, 2.05) is 42.5 Å². The van der Waals surface area contributed by atoms with Gasteiger partial charge in [0.1, 0.15) is 5.75 Å². The number of methoxy groups -OCH3 is 1. The van der Waals surface area contributed by atoms with Crippen LogP contribution in [0.2, 0.25) is 0 Å². The van der Waals surface area contributed by atoms with E-state index in [9.17, 15) is 10.1 Å². The van der Waals surface area contributed by atoms with Gasteiger partial charge in [0.15, 0.2) is 0 Å². The highest BCUT2D eigenvalue weighted by Crippen LogP contribution is 2.28. The van der Waals surface area contributed by atoms with E-state index in [1.54, 1.807) is 23.9 Å². The molecule has 6 heteroatoms. The number of hydrogen-bond acceptors (Lipinski definition) is 5. The standard InChI is InChI=1S/C24H24N4O2/c1-30-22-12-6-5-11-20(22)21-16-26-24(27-13-7-2-8-14-27)28(23(21)29)17-19-10-4-3-9-18(19)15-25/h3-6,9-12,16H,2,7-8,13-14,17H2,1H3. The quantitative estimate of drug-likeness (QED) is 0.651. The molecule has 1 aromatic heterocycles. The average Bonchev–Trinajstić information content (AvgIpc) is 2.81. The van der Waals surface area contributed by atoms with E-state index in [0.717, 1.165) is 31.5 Å². The zero-order valence-electron chi connectivity index (χ0n) is 17.0. The molecule has 0 aliphatic carbocycles. The Kier molecular flexibility index (Phi) is 5.80. The summed E-state index contributed by atoms with van der Waals surface area (Å²) in [5, 5.41) is 9.50. The van der Waals surface area contributed by atoms with E-state index in [-0.39, 0.29) is 5.56 Å². The third kappa shape index (κ3) is 3.79. The Morgan fingerprint density at radius 1 is 1.03 bits per heavy atom. The van der Waals surface area contributed by atoms with Crippen LogP contribution in [0.15, 0.2) is 59.5 Å². The zero-order valence-corrected chi connectivity index (χ0v) is 17.0. The summed E-state index contributed by atoms with van der Waals surface area (Å²) in [6, 6.07) is 17.1. The molecule has 152 valence electrons. The fraction of sp³-hybridized carbons (Fsp3) is 0.292. The maximum Gasteiger partial charge on any atom is 0.263 e. The molecule has 0 atom stereocenters. The molecule has 6 nitrogen and oxygen atoms in total. The molecule has 0 saturated carbocycles. The molecule has 1 fully saturated rings. The normalized spacial score (nSPS) is 13.7. The predicted octanol–water partition coefficient (Wildman–Crippen LogP) is 3.83. The summed E-state index contributed by atoms with van der Waals surface area (Å²) in [6.07, 6.45) is 5.01. The summed E-state index contributed by atoms with van der Waals surface area (Å²) in [6.45, 7) is 2.05. The lowest BCUT2D eigenvalue weighted by Gasteiger charge is -2.30. The first-order valence-corrected chi connectivity index (χ1v) is 10.2. The maximum atomic E-state index is 13.7. The fourth-order valence-corrected chi connectivity index (χ4v) is 3.96. The van der Waals surface area contributed by atoms with Crippen molar-refractivity contribution in [2.75, 3.05) is 25.1 Å². The van der Waals surface area contributed by atoms with Gasteiger partial charge in [0.2, 0.25) is 5.95 Å². The van der Waals surface area contributed by atoms with Crippen LogP contribution in [0.25, 0.3) is 11.1 Å². The van der Waals surface area contributed by atoms with E-state index >= 15 is 0 Å². The van der Waals surface area contributed by atoms with Gasteiger partial charge in [-0.05, 0) is 37.0 Å². The van der Waals surface area contributed by atoms with Gasteiger partial charge in [0.05, 0.1) is 30.9 Å². The van der Waals surface area contributed by atoms with Gasteiger partial charge in [0, 0.05) is 24.8 Å². The van der Waals surface area contributed by atoms with Crippen molar-refractivity contribution in [3.63, 3.8) is 0 Å². The molecule has 0 spiro atoms. The van der Waals surface area contributed by atoms with Crippen molar-refractivity contribution in [1.82, 2.24) is 9.55 Å². The number of benzene rings is 2. The molecule has 2 heterocycles. The lowest BCUT2D eigenvalue weighted by atomic mass is 10.1. The van der Waals surface area contributed by atoms with Crippen LogP contribution in [0.5, 0.6) is 5.75 Å². The van der Waals surface area contributed by atoms with Crippen LogP contribution < -0.4 is 15.2 Å². The minimum Gasteiger partial charge on any atom is -0.496 e. The number of para-hydroxylation sites is 1. The molecule has 0 unspecified atom stereocenters. The number of nitrogens with zero attached hydrogens (tertiary/aromatic N) is 4. The second kappa shape index (κ2) is 8.83. The van der Waals surface area contributed by atoms with Crippen LogP contribution in [0, 0.1) is 11.3 Å². The number of nitriles is 1. The second-order valence-electron chi connectivity index (χ2n) is 7.38. The summed E-state index contributed by atoms with van der Waals surface area (Å²) in [7, 11) is 1.59. The summed E-state index contributed by atoms with van der Waals surface area (Å²) >= 11 is 0. The average molecular weight is 400 g/mol. The summed E-state index contributed by atoms with van der Waals surface area (Å²) in [5.74, 6) is 1.29. The van der Waals surface area contributed by atoms with Gasteiger partial charge >= 0.3 is 0 Å². The molecule has 0 amide bonds. The van der Waals surface area contributed by atoms with Gasteiger partial charge in [-0.3, -0.25) is 9.36 Å². The molecule has 1 aliphatic rings. The lowest BCUT2D eigenvalue weighted by Crippen LogP contribution is -2.37. The molecular formula is C24H24N4O2. The second-order valence-corrected chi connectivity index (χ2v) is 7.38. The molecule has 0 radical (unpaired) electrons. The molecular weight excluding hydrogens is 376 g/mol. The number of hydrogen-bond donors (Lipinski definition) is 0. The van der Waals surface area contributed by atoms with E-state index in [1.165, 1.54) is 6.42 Å². The smallest absolute Gasteiger partial charge is 0.263 e. The van der Waals surface area contributed by atoms with Gasteiger partial charge < -0.3 is 9.64 Å². The van der Waals surface area contributed by atoms with Crippen LogP contribution >= 0.6 is 0 Å². The van der Waals surface area contributed by atoms with Crippen molar-refractivity contribution in [2.24, 2.45) is 0 Å². The molecule has 1 saturated heterocycles. The highest BCUT2D eigenvalue weighted by Gasteiger charge is 2.21. The lowest BCUT2D eigenvalue weighted by molar-refractivity contribution is 0.416. The molecule has 2 aromatic carbocycles. The Balaban J connectivity index is 1.87. The van der Waals surface area contributed by atoms with E-state index < -0.39 is 0 Å². The Morgan fingerprint density at radius 3 is 2.53 bits per heavy atom. The van der Waals surface area contributed by atoms with Crippen LogP contribution in [-0.4, -0.2) is 29.8 Å². The third-order valence-electron chi connectivity index (χ3n) is 5.53. The van der Waals surface area contributed by atoms with Crippen molar-refractivity contribution >= 4 is 5.95 Å². The fourth-order valence-electron chi connectivity index (χ4n) is 3.96. The van der Waals surface area contributed by atoms with Gasteiger partial charge in [-0.2, -0.15) is 5.26 Å². The highest BCUT2D eigenvalue weighted by atomic mass is 16.5. The van der Waals surface area contributed by atoms with Crippen LogP contribution in [0.4, 0.5) is 5.95 Å². The highest BCUT2D eigenvalue weighted by molar-refractivity contribution is 5.69. The van der Waals surface area contributed by atoms with Crippen molar-refractivity contribution in [3.8, 4) is 22.9 Å². The summed E-state index contributed by atoms with van der Waals surface area (Å²) < 4.78 is 7.16. The molecule has 1 aliphatic heterocycles. The first-order valence-electron chi connectivity index (χ1n) is 10.2. The largest absolute Gasteiger partial charge is 0.496 e. The van der Waals surface area contributed by atoms with E-state index in [4.69, 9.17) is 9.72 Å². The Labute approximate surface area is 176 Å². The van der Waals surface area contributed by atoms with E-state index in [2.05, 4.69) is 11.0 Å². The SMILES string of the molecule is COc1ccccc1-c1cnc(N2CCCCC2)n(Cc2ccccc2C#N)c1=O. The number of rotatable bonds is 5. The van der Waals surface area contributed by atoms with Crippen LogP contribution in [-0.2, 0) is 6.54 Å². The van der Waals surface area contributed by atoms with Gasteiger partial charge in [0.25, 0.3) is 5.56 Å². The van der Waals surface area contributed by atoms with Crippen molar-refractivity contribution in [1.29, 1.82) is 5.26 Å². The van der Waals surface area contributed by atoms with Gasteiger partial charge in [-0.15, -0.1) is 0 Å². The van der Waals surface area contributed by atoms with Crippen LogP contribution in [0.1, 0.15) is 30.4 Å². The first kappa shape index (κ1) is 19.7. The Hall–Kier alpha value is -3.59. The van der Waals surface area contributed by atoms with Crippen LogP contribution in [0.3, 0.4) is 0 Å². The Morgan fingerprint density at radius 2 is 1.77 bits per heavy atom. The topological polar surface area (TPSA) is 71.2 Å². The number of ether oxygens (including phenoxy) is 1. The Bertz CT molecular complexity index is 1140. The minimum absolute atomic E-state index is 0.136. The molecule has 0 bridgehead atoms. The number of anilines is 1. The molecule has 4 rings (SSSR count). The van der Waals surface area contributed by atoms with Crippen molar-refractivity contribution in [3.05, 3.63) is 76.2 Å². The van der Waals surface area contributed by atoms with E-state index in [0.29, 0.717) is 34.9 Å². The monoisotopic (exact) mass is 400 g/mol. The van der Waals surface area contributed by atoms with Crippen molar-refractivity contribution < 1.29 is 4.74 Å². The van der Waals surface area contributed by atoms with Gasteiger partial charge in [-0.1, -0.05) is 36.4 Å². The molecule has 3 aromatic rings. The number of piperidine rings is 1. The zero-order chi connectivity index (χ0) is 20.9. The van der Waals surface area contributed by atoms with Crippen molar-refractivity contribution in [2.45, 2.75) is 25.8 Å². The molecule has 0 N–H and O–H groups in total. The third-order valence-corrected chi connectivity index (χ3v) is 5.53. The maximum absolute atomic E-state index is 13.7. The number of aromatic nitrogens is 2.